The zero-order chi connectivity index (χ0) is 12.9. The highest BCUT2D eigenvalue weighted by Gasteiger charge is 2.09. The fourth-order valence-electron chi connectivity index (χ4n) is 0.921. The zero-order valence-electron chi connectivity index (χ0n) is 10.3. The lowest BCUT2D eigenvalue weighted by Gasteiger charge is -2.19. The van der Waals surface area contributed by atoms with Crippen LogP contribution in [0.1, 0.15) is 20.8 Å². The number of aromatic nitrogens is 1. The Morgan fingerprint density at radius 3 is 2.65 bits per heavy atom. The van der Waals surface area contributed by atoms with Gasteiger partial charge in [-0.2, -0.15) is 0 Å². The maximum absolute atomic E-state index is 11.0. The maximum Gasteiger partial charge on any atom is 0.239 e. The van der Waals surface area contributed by atoms with Gasteiger partial charge in [-0.1, -0.05) is 0 Å². The number of hydrogen-bond donors (Lipinski definition) is 3. The molecular weight excluding hydrogens is 236 g/mol. The standard InChI is InChI=1S/C11H18N4OS/c1-11(2,3)15-17-8-4-5-9(13-7-8)14-10(16)6-12/h4-5,7,15H,6,12H2,1-3H3,(H,13,14,16). The number of carbonyl (C=O) groups excluding carboxylic acids is 1. The van der Waals surface area contributed by atoms with Crippen molar-refractivity contribution in [3.05, 3.63) is 18.3 Å². The van der Waals surface area contributed by atoms with E-state index in [-0.39, 0.29) is 18.0 Å². The van der Waals surface area contributed by atoms with Crippen molar-refractivity contribution in [3.63, 3.8) is 0 Å². The van der Waals surface area contributed by atoms with Crippen LogP contribution in [0.4, 0.5) is 5.82 Å². The van der Waals surface area contributed by atoms with Crippen LogP contribution in [0.15, 0.2) is 23.2 Å². The molecule has 0 spiro atoms. The van der Waals surface area contributed by atoms with Crippen molar-refractivity contribution in [2.24, 2.45) is 5.73 Å². The molecule has 0 fully saturated rings. The van der Waals surface area contributed by atoms with Crippen LogP contribution in [-0.4, -0.2) is 23.0 Å². The minimum absolute atomic E-state index is 0.0379. The second kappa shape index (κ2) is 6.00. The lowest BCUT2D eigenvalue weighted by molar-refractivity contribution is -0.114. The van der Waals surface area contributed by atoms with Crippen LogP contribution in [-0.2, 0) is 4.79 Å². The first-order chi connectivity index (χ1) is 7.90. The van der Waals surface area contributed by atoms with E-state index in [4.69, 9.17) is 5.73 Å². The fraction of sp³-hybridized carbons (Fsp3) is 0.455. The summed E-state index contributed by atoms with van der Waals surface area (Å²) in [4.78, 5) is 16.1. The molecule has 0 unspecified atom stereocenters. The lowest BCUT2D eigenvalue weighted by atomic mass is 10.1. The van der Waals surface area contributed by atoms with E-state index in [1.54, 1.807) is 12.3 Å². The van der Waals surface area contributed by atoms with Gasteiger partial charge in [-0.15, -0.1) is 0 Å². The van der Waals surface area contributed by atoms with Gasteiger partial charge in [0.25, 0.3) is 0 Å². The minimum atomic E-state index is -0.245. The van der Waals surface area contributed by atoms with Crippen molar-refractivity contribution in [1.29, 1.82) is 0 Å². The molecule has 0 aliphatic heterocycles. The Hall–Kier alpha value is -1.11. The number of hydrogen-bond acceptors (Lipinski definition) is 5. The largest absolute Gasteiger partial charge is 0.322 e. The average Bonchev–Trinajstić information content (AvgIpc) is 2.27. The molecule has 1 aromatic heterocycles. The molecule has 0 saturated carbocycles. The minimum Gasteiger partial charge on any atom is -0.322 e. The van der Waals surface area contributed by atoms with E-state index < -0.39 is 0 Å². The number of amides is 1. The Morgan fingerprint density at radius 2 is 2.18 bits per heavy atom. The third-order valence-corrected chi connectivity index (χ3v) is 2.86. The van der Waals surface area contributed by atoms with Gasteiger partial charge in [0.1, 0.15) is 5.82 Å². The molecule has 6 heteroatoms. The SMILES string of the molecule is CC(C)(C)NSc1ccc(NC(=O)CN)nc1. The molecule has 0 atom stereocenters. The summed E-state index contributed by atoms with van der Waals surface area (Å²) in [5.74, 6) is 0.270. The second-order valence-corrected chi connectivity index (χ2v) is 5.47. The molecule has 0 aromatic carbocycles. The summed E-state index contributed by atoms with van der Waals surface area (Å²) in [6, 6.07) is 3.64. The third-order valence-electron chi connectivity index (χ3n) is 1.66. The molecule has 1 aromatic rings. The first-order valence-corrected chi connectivity index (χ1v) is 6.12. The molecule has 0 radical (unpaired) electrons. The van der Waals surface area contributed by atoms with Crippen LogP contribution in [0, 0.1) is 0 Å². The molecule has 1 rings (SSSR count). The van der Waals surface area contributed by atoms with E-state index in [9.17, 15) is 4.79 Å². The number of carbonyl (C=O) groups is 1. The van der Waals surface area contributed by atoms with Gasteiger partial charge in [-0.05, 0) is 44.9 Å². The summed E-state index contributed by atoms with van der Waals surface area (Å²) in [5, 5.41) is 2.59. The maximum atomic E-state index is 11.0. The van der Waals surface area contributed by atoms with Crippen LogP contribution < -0.4 is 15.8 Å². The van der Waals surface area contributed by atoms with E-state index in [0.29, 0.717) is 5.82 Å². The molecule has 5 nitrogen and oxygen atoms in total. The molecule has 0 aliphatic carbocycles. The molecule has 0 bridgehead atoms. The van der Waals surface area contributed by atoms with Gasteiger partial charge in [0.15, 0.2) is 0 Å². The van der Waals surface area contributed by atoms with Crippen molar-refractivity contribution in [2.45, 2.75) is 31.2 Å². The molecule has 4 N–H and O–H groups in total. The monoisotopic (exact) mass is 254 g/mol. The predicted molar refractivity (Wildman–Crippen MR) is 70.7 cm³/mol. The number of anilines is 1. The van der Waals surface area contributed by atoms with Crippen LogP contribution in [0.3, 0.4) is 0 Å². The Balaban J connectivity index is 2.53. The van der Waals surface area contributed by atoms with Gasteiger partial charge in [-0.25, -0.2) is 4.98 Å². The van der Waals surface area contributed by atoms with Crippen LogP contribution in [0.25, 0.3) is 0 Å². The molecule has 0 aliphatic rings. The number of nitrogens with two attached hydrogens (primary N) is 1. The summed E-state index contributed by atoms with van der Waals surface area (Å²) < 4.78 is 3.28. The summed E-state index contributed by atoms with van der Waals surface area (Å²) in [6.07, 6.45) is 1.70. The van der Waals surface area contributed by atoms with Crippen LogP contribution in [0.2, 0.25) is 0 Å². The van der Waals surface area contributed by atoms with Gasteiger partial charge >= 0.3 is 0 Å². The van der Waals surface area contributed by atoms with Crippen LogP contribution in [0.5, 0.6) is 0 Å². The van der Waals surface area contributed by atoms with Crippen molar-refractivity contribution in [1.82, 2.24) is 9.71 Å². The van der Waals surface area contributed by atoms with E-state index >= 15 is 0 Å². The van der Waals surface area contributed by atoms with Crippen molar-refractivity contribution >= 4 is 23.7 Å². The van der Waals surface area contributed by atoms with Crippen LogP contribution >= 0.6 is 11.9 Å². The number of nitrogens with zero attached hydrogens (tertiary/aromatic N) is 1. The Kier molecular flexibility index (Phi) is 4.92. The number of rotatable bonds is 4. The average molecular weight is 254 g/mol. The highest BCUT2D eigenvalue weighted by atomic mass is 32.2. The zero-order valence-corrected chi connectivity index (χ0v) is 11.1. The first kappa shape index (κ1) is 14.0. The summed E-state index contributed by atoms with van der Waals surface area (Å²) >= 11 is 1.51. The first-order valence-electron chi connectivity index (χ1n) is 5.31. The topological polar surface area (TPSA) is 80.0 Å². The van der Waals surface area contributed by atoms with E-state index in [2.05, 4.69) is 35.8 Å². The summed E-state index contributed by atoms with van der Waals surface area (Å²) in [5.41, 5.74) is 5.23. The third kappa shape index (κ3) is 5.67. The molecular formula is C11H18N4OS. The summed E-state index contributed by atoms with van der Waals surface area (Å²) in [7, 11) is 0. The second-order valence-electron chi connectivity index (χ2n) is 4.59. The van der Waals surface area contributed by atoms with Gasteiger partial charge < -0.3 is 11.1 Å². The lowest BCUT2D eigenvalue weighted by Crippen LogP contribution is -2.29. The normalized spacial score (nSPS) is 11.3. The van der Waals surface area contributed by atoms with E-state index in [1.807, 2.05) is 6.07 Å². The predicted octanol–water partition coefficient (Wildman–Crippen LogP) is 1.37. The smallest absolute Gasteiger partial charge is 0.239 e. The molecule has 1 amide bonds. The number of nitrogens with one attached hydrogen (secondary N) is 2. The van der Waals surface area contributed by atoms with Crippen molar-refractivity contribution in [2.75, 3.05) is 11.9 Å². The van der Waals surface area contributed by atoms with E-state index in [0.717, 1.165) is 4.90 Å². The van der Waals surface area contributed by atoms with Gasteiger partial charge in [0.2, 0.25) is 5.91 Å². The Morgan fingerprint density at radius 1 is 1.47 bits per heavy atom. The van der Waals surface area contributed by atoms with Gasteiger partial charge in [-0.3, -0.25) is 9.52 Å². The highest BCUT2D eigenvalue weighted by Crippen LogP contribution is 2.18. The molecule has 94 valence electrons. The van der Waals surface area contributed by atoms with E-state index in [1.165, 1.54) is 11.9 Å². The van der Waals surface area contributed by atoms with Crippen molar-refractivity contribution < 1.29 is 4.79 Å². The van der Waals surface area contributed by atoms with Gasteiger partial charge in [0.05, 0.1) is 6.54 Å². The Labute approximate surface area is 106 Å². The Bertz CT molecular complexity index is 372. The summed E-state index contributed by atoms with van der Waals surface area (Å²) in [6.45, 7) is 6.22. The highest BCUT2D eigenvalue weighted by molar-refractivity contribution is 7.97. The molecule has 0 saturated heterocycles. The molecule has 17 heavy (non-hydrogen) atoms. The number of pyridine rings is 1. The van der Waals surface area contributed by atoms with Crippen molar-refractivity contribution in [3.8, 4) is 0 Å². The quantitative estimate of drug-likeness (QED) is 0.707. The molecule has 1 heterocycles. The van der Waals surface area contributed by atoms with Gasteiger partial charge in [0, 0.05) is 16.6 Å². The fourth-order valence-corrected chi connectivity index (χ4v) is 1.59.